The number of hydrogen-bond acceptors (Lipinski definition) is 5. The lowest BCUT2D eigenvalue weighted by Gasteiger charge is -2.07. The summed E-state index contributed by atoms with van der Waals surface area (Å²) in [7, 11) is 0. The number of halogens is 2. The molecule has 6 nitrogen and oxygen atoms in total. The van der Waals surface area contributed by atoms with Gasteiger partial charge in [0.1, 0.15) is 6.54 Å². The second-order valence-corrected chi connectivity index (χ2v) is 9.16. The molecule has 2 heterocycles. The lowest BCUT2D eigenvalue weighted by Crippen LogP contribution is -2.19. The minimum atomic E-state index is -0.243. The fourth-order valence-electron chi connectivity index (χ4n) is 3.01. The van der Waals surface area contributed by atoms with E-state index < -0.39 is 0 Å². The summed E-state index contributed by atoms with van der Waals surface area (Å²) < 4.78 is 2.04. The molecule has 158 valence electrons. The average Bonchev–Trinajstić information content (AvgIpc) is 3.33. The molecular formula is C21H17Cl2N5OS2. The fraction of sp³-hybridized carbons (Fsp3) is 0.143. The van der Waals surface area contributed by atoms with Crippen molar-refractivity contribution in [3.8, 4) is 11.4 Å². The standard InChI is InChI=1S/C21H17Cl2N5OS2/c1-12-5-7-13(8-6-12)19-26-27-21(30)28(19)11-17(29)25-20-24-10-15(31-20)9-14-3-2-4-16(22)18(14)23/h2-8,10H,9,11H2,1H3,(H,27,30)(H,24,25,29). The lowest BCUT2D eigenvalue weighted by atomic mass is 10.1. The Kier molecular flexibility index (Phi) is 6.52. The topological polar surface area (TPSA) is 75.6 Å². The predicted molar refractivity (Wildman–Crippen MR) is 128 cm³/mol. The molecule has 0 aliphatic rings. The molecule has 0 saturated heterocycles. The molecule has 0 aliphatic heterocycles. The molecule has 0 bridgehead atoms. The lowest BCUT2D eigenvalue weighted by molar-refractivity contribution is -0.116. The van der Waals surface area contributed by atoms with Crippen molar-refractivity contribution < 1.29 is 4.79 Å². The zero-order valence-electron chi connectivity index (χ0n) is 16.4. The first-order chi connectivity index (χ1) is 14.9. The van der Waals surface area contributed by atoms with Gasteiger partial charge in [0.25, 0.3) is 0 Å². The summed E-state index contributed by atoms with van der Waals surface area (Å²) in [5.74, 6) is 0.364. The number of benzene rings is 2. The predicted octanol–water partition coefficient (Wildman–Crippen LogP) is 5.91. The number of hydrogen-bond donors (Lipinski definition) is 2. The summed E-state index contributed by atoms with van der Waals surface area (Å²) in [6, 6.07) is 13.4. The van der Waals surface area contributed by atoms with Gasteiger partial charge in [-0.2, -0.15) is 5.10 Å². The highest BCUT2D eigenvalue weighted by Gasteiger charge is 2.14. The van der Waals surface area contributed by atoms with Crippen molar-refractivity contribution in [1.29, 1.82) is 0 Å². The third kappa shape index (κ3) is 5.04. The second-order valence-electron chi connectivity index (χ2n) is 6.87. The van der Waals surface area contributed by atoms with E-state index in [4.69, 9.17) is 35.4 Å². The van der Waals surface area contributed by atoms with Gasteiger partial charge in [-0.05, 0) is 30.8 Å². The summed E-state index contributed by atoms with van der Waals surface area (Å²) >= 11 is 19.0. The van der Waals surface area contributed by atoms with Crippen molar-refractivity contribution in [1.82, 2.24) is 19.7 Å². The van der Waals surface area contributed by atoms with Crippen LogP contribution in [0.5, 0.6) is 0 Å². The normalized spacial score (nSPS) is 10.9. The highest BCUT2D eigenvalue weighted by molar-refractivity contribution is 7.71. The Morgan fingerprint density at radius 2 is 2.00 bits per heavy atom. The molecule has 2 N–H and O–H groups in total. The summed E-state index contributed by atoms with van der Waals surface area (Å²) in [5, 5.41) is 11.4. The minimum absolute atomic E-state index is 0.0214. The van der Waals surface area contributed by atoms with E-state index in [0.29, 0.717) is 32.2 Å². The maximum absolute atomic E-state index is 12.6. The van der Waals surface area contributed by atoms with E-state index in [0.717, 1.165) is 21.6 Å². The quantitative estimate of drug-likeness (QED) is 0.330. The minimum Gasteiger partial charge on any atom is -0.300 e. The first-order valence-electron chi connectivity index (χ1n) is 9.30. The maximum atomic E-state index is 12.6. The van der Waals surface area contributed by atoms with Gasteiger partial charge in [0.15, 0.2) is 15.7 Å². The van der Waals surface area contributed by atoms with Crippen LogP contribution >= 0.6 is 46.8 Å². The fourth-order valence-corrected chi connectivity index (χ4v) is 4.44. The van der Waals surface area contributed by atoms with E-state index in [1.165, 1.54) is 11.3 Å². The zero-order chi connectivity index (χ0) is 22.0. The zero-order valence-corrected chi connectivity index (χ0v) is 19.5. The largest absolute Gasteiger partial charge is 0.300 e. The van der Waals surface area contributed by atoms with E-state index in [1.54, 1.807) is 16.8 Å². The van der Waals surface area contributed by atoms with Gasteiger partial charge in [0, 0.05) is 23.1 Å². The van der Waals surface area contributed by atoms with Gasteiger partial charge in [0.05, 0.1) is 10.0 Å². The van der Waals surface area contributed by atoms with E-state index >= 15 is 0 Å². The molecule has 10 heteroatoms. The number of rotatable bonds is 6. The molecule has 0 atom stereocenters. The van der Waals surface area contributed by atoms with Crippen LogP contribution < -0.4 is 5.32 Å². The second kappa shape index (κ2) is 9.32. The third-order valence-corrected chi connectivity index (χ3v) is 6.65. The van der Waals surface area contributed by atoms with Crippen LogP contribution in [0.4, 0.5) is 5.13 Å². The number of anilines is 1. The molecular weight excluding hydrogens is 473 g/mol. The Morgan fingerprint density at radius 3 is 2.77 bits per heavy atom. The van der Waals surface area contributed by atoms with Crippen LogP contribution in [0.3, 0.4) is 0 Å². The molecule has 0 unspecified atom stereocenters. The number of nitrogens with one attached hydrogen (secondary N) is 2. The molecule has 0 aliphatic carbocycles. The molecule has 31 heavy (non-hydrogen) atoms. The van der Waals surface area contributed by atoms with Crippen LogP contribution in [-0.2, 0) is 17.8 Å². The summed E-state index contributed by atoms with van der Waals surface area (Å²) in [4.78, 5) is 17.9. The Balaban J connectivity index is 1.46. The number of carbonyl (C=O) groups excluding carboxylic acids is 1. The molecule has 0 radical (unpaired) electrons. The van der Waals surface area contributed by atoms with Crippen molar-refractivity contribution in [2.24, 2.45) is 0 Å². The summed E-state index contributed by atoms with van der Waals surface area (Å²) in [6.45, 7) is 2.03. The van der Waals surface area contributed by atoms with Gasteiger partial charge < -0.3 is 5.32 Å². The number of H-pyrrole nitrogens is 1. The van der Waals surface area contributed by atoms with Crippen LogP contribution in [0.2, 0.25) is 10.0 Å². The Morgan fingerprint density at radius 1 is 1.23 bits per heavy atom. The molecule has 4 aromatic rings. The van der Waals surface area contributed by atoms with E-state index in [1.807, 2.05) is 43.3 Å². The number of carbonyl (C=O) groups is 1. The van der Waals surface area contributed by atoms with Crippen LogP contribution in [0, 0.1) is 11.7 Å². The van der Waals surface area contributed by atoms with Gasteiger partial charge in [0.2, 0.25) is 5.91 Å². The molecule has 2 aromatic heterocycles. The van der Waals surface area contributed by atoms with Crippen molar-refractivity contribution in [2.75, 3.05) is 5.32 Å². The van der Waals surface area contributed by atoms with Gasteiger partial charge in [-0.15, -0.1) is 11.3 Å². The van der Waals surface area contributed by atoms with Crippen molar-refractivity contribution in [2.45, 2.75) is 19.9 Å². The number of thiazole rings is 1. The monoisotopic (exact) mass is 489 g/mol. The first-order valence-corrected chi connectivity index (χ1v) is 11.3. The molecule has 0 saturated carbocycles. The SMILES string of the molecule is Cc1ccc(-c2n[nH]c(=S)n2CC(=O)Nc2ncc(Cc3cccc(Cl)c3Cl)s2)cc1. The molecule has 2 aromatic carbocycles. The first kappa shape index (κ1) is 21.7. The van der Waals surface area contributed by atoms with Crippen molar-refractivity contribution in [3.05, 3.63) is 79.5 Å². The van der Waals surface area contributed by atoms with Crippen molar-refractivity contribution >= 4 is 57.8 Å². The Labute approximate surface area is 197 Å². The number of nitrogens with zero attached hydrogens (tertiary/aromatic N) is 3. The molecule has 0 spiro atoms. The smallest absolute Gasteiger partial charge is 0.246 e. The van der Waals surface area contributed by atoms with E-state index in [9.17, 15) is 4.79 Å². The number of aromatic amines is 1. The van der Waals surface area contributed by atoms with Gasteiger partial charge in [-0.1, -0.05) is 65.2 Å². The molecule has 4 rings (SSSR count). The van der Waals surface area contributed by atoms with E-state index in [2.05, 4.69) is 20.5 Å². The molecule has 0 fully saturated rings. The van der Waals surface area contributed by atoms with Crippen LogP contribution in [0.15, 0.2) is 48.7 Å². The molecule has 1 amide bonds. The van der Waals surface area contributed by atoms with Crippen LogP contribution in [0.1, 0.15) is 16.0 Å². The van der Waals surface area contributed by atoms with Gasteiger partial charge >= 0.3 is 0 Å². The van der Waals surface area contributed by atoms with E-state index in [-0.39, 0.29) is 12.5 Å². The highest BCUT2D eigenvalue weighted by Crippen LogP contribution is 2.29. The van der Waals surface area contributed by atoms with Crippen LogP contribution in [-0.4, -0.2) is 25.7 Å². The summed E-state index contributed by atoms with van der Waals surface area (Å²) in [5.41, 5.74) is 2.92. The number of aromatic nitrogens is 4. The Bertz CT molecular complexity index is 1290. The maximum Gasteiger partial charge on any atom is 0.246 e. The third-order valence-electron chi connectivity index (χ3n) is 4.57. The van der Waals surface area contributed by atoms with Gasteiger partial charge in [-0.3, -0.25) is 14.5 Å². The van der Waals surface area contributed by atoms with Crippen LogP contribution in [0.25, 0.3) is 11.4 Å². The van der Waals surface area contributed by atoms with Gasteiger partial charge in [-0.25, -0.2) is 4.98 Å². The number of amides is 1. The Hall–Kier alpha value is -2.52. The highest BCUT2D eigenvalue weighted by atomic mass is 35.5. The summed E-state index contributed by atoms with van der Waals surface area (Å²) in [6.07, 6.45) is 2.30. The average molecular weight is 490 g/mol. The van der Waals surface area contributed by atoms with Crippen molar-refractivity contribution in [3.63, 3.8) is 0 Å². The number of aryl methyl sites for hydroxylation is 1.